The SMILES string of the molecule is Cc1ccc(C)c(S(=O)(=O)N[C@@H]2CS(=O)(=O)C[C@@H]2C(=O)C(Cl)(Cl)Cl)c1. The number of ketones is 1. The van der Waals surface area contributed by atoms with Gasteiger partial charge in [-0.15, -0.1) is 0 Å². The molecule has 1 N–H and O–H groups in total. The van der Waals surface area contributed by atoms with E-state index >= 15 is 0 Å². The molecule has 1 aromatic carbocycles. The fourth-order valence-corrected chi connectivity index (χ4v) is 6.75. The van der Waals surface area contributed by atoms with Crippen LogP contribution in [0.5, 0.6) is 0 Å². The molecule has 2 atom stereocenters. The molecule has 0 radical (unpaired) electrons. The number of sulfonamides is 1. The van der Waals surface area contributed by atoms with E-state index in [0.717, 1.165) is 5.56 Å². The molecule has 1 aromatic rings. The second-order valence-electron chi connectivity index (χ2n) is 6.04. The Balaban J connectivity index is 2.39. The predicted molar refractivity (Wildman–Crippen MR) is 97.5 cm³/mol. The van der Waals surface area contributed by atoms with E-state index < -0.39 is 52.9 Å². The zero-order valence-corrected chi connectivity index (χ0v) is 17.2. The van der Waals surface area contributed by atoms with Crippen LogP contribution in [0.2, 0.25) is 0 Å². The largest absolute Gasteiger partial charge is 0.294 e. The van der Waals surface area contributed by atoms with Crippen LogP contribution in [0.4, 0.5) is 0 Å². The lowest BCUT2D eigenvalue weighted by molar-refractivity contribution is -0.121. The van der Waals surface area contributed by atoms with E-state index in [1.807, 2.05) is 0 Å². The molecule has 140 valence electrons. The Morgan fingerprint density at radius 2 is 1.80 bits per heavy atom. The lowest BCUT2D eigenvalue weighted by Gasteiger charge is -2.22. The lowest BCUT2D eigenvalue weighted by Crippen LogP contribution is -2.45. The standard InChI is InChI=1S/C14H16Cl3NO5S2/c1-8-3-4-9(2)12(5-8)25(22,23)18-11-7-24(20,21)6-10(11)13(19)14(15,16)17/h3-5,10-11,18H,6-7H2,1-2H3/t10-,11+/m0/s1. The van der Waals surface area contributed by atoms with Crippen LogP contribution >= 0.6 is 34.8 Å². The monoisotopic (exact) mass is 447 g/mol. The number of aryl methyl sites for hydroxylation is 2. The van der Waals surface area contributed by atoms with Gasteiger partial charge in [0.25, 0.3) is 0 Å². The van der Waals surface area contributed by atoms with Crippen molar-refractivity contribution in [1.29, 1.82) is 0 Å². The summed E-state index contributed by atoms with van der Waals surface area (Å²) in [6.45, 7) is 3.34. The molecule has 0 spiro atoms. The first kappa shape index (κ1) is 20.9. The predicted octanol–water partition coefficient (Wildman–Crippen LogP) is 1.93. The van der Waals surface area contributed by atoms with Crippen molar-refractivity contribution in [3.8, 4) is 0 Å². The van der Waals surface area contributed by atoms with Gasteiger partial charge in [-0.1, -0.05) is 46.9 Å². The highest BCUT2D eigenvalue weighted by molar-refractivity contribution is 7.92. The van der Waals surface area contributed by atoms with Crippen molar-refractivity contribution in [1.82, 2.24) is 4.72 Å². The molecule has 6 nitrogen and oxygen atoms in total. The van der Waals surface area contributed by atoms with Gasteiger partial charge in [0.05, 0.1) is 22.3 Å². The van der Waals surface area contributed by atoms with E-state index in [9.17, 15) is 21.6 Å². The molecule has 1 aliphatic heterocycles. The number of carbonyl (C=O) groups is 1. The lowest BCUT2D eigenvalue weighted by atomic mass is 10.0. The Morgan fingerprint density at radius 1 is 1.20 bits per heavy atom. The molecular weight excluding hydrogens is 433 g/mol. The highest BCUT2D eigenvalue weighted by atomic mass is 35.6. The minimum Gasteiger partial charge on any atom is -0.294 e. The highest BCUT2D eigenvalue weighted by Crippen LogP contribution is 2.35. The number of alkyl halides is 3. The topological polar surface area (TPSA) is 97.4 Å². The molecule has 0 saturated carbocycles. The number of sulfone groups is 1. The normalized spacial score (nSPS) is 23.6. The van der Waals surface area contributed by atoms with E-state index in [2.05, 4.69) is 4.72 Å². The van der Waals surface area contributed by atoms with Gasteiger partial charge in [-0.05, 0) is 31.0 Å². The molecule has 0 aliphatic carbocycles. The van der Waals surface area contributed by atoms with Gasteiger partial charge in [0, 0.05) is 6.04 Å². The Kier molecular flexibility index (Phi) is 5.84. The van der Waals surface area contributed by atoms with Crippen LogP contribution in [0.25, 0.3) is 0 Å². The van der Waals surface area contributed by atoms with Crippen molar-refractivity contribution in [2.24, 2.45) is 5.92 Å². The second-order valence-corrected chi connectivity index (χ2v) is 12.2. The van der Waals surface area contributed by atoms with E-state index in [1.165, 1.54) is 6.07 Å². The van der Waals surface area contributed by atoms with E-state index in [1.54, 1.807) is 26.0 Å². The minimum absolute atomic E-state index is 0.0110. The third-order valence-electron chi connectivity index (χ3n) is 3.91. The van der Waals surface area contributed by atoms with Gasteiger partial charge < -0.3 is 0 Å². The molecule has 0 bridgehead atoms. The van der Waals surface area contributed by atoms with Crippen molar-refractivity contribution in [3.05, 3.63) is 29.3 Å². The summed E-state index contributed by atoms with van der Waals surface area (Å²) in [7, 11) is -7.70. The van der Waals surface area contributed by atoms with Gasteiger partial charge in [0.15, 0.2) is 15.6 Å². The van der Waals surface area contributed by atoms with Gasteiger partial charge in [0.2, 0.25) is 13.8 Å². The van der Waals surface area contributed by atoms with Crippen LogP contribution in [0, 0.1) is 19.8 Å². The number of halogens is 3. The summed E-state index contributed by atoms with van der Waals surface area (Å²) in [6, 6.07) is 3.66. The molecule has 1 aliphatic rings. The van der Waals surface area contributed by atoms with Crippen LogP contribution in [0.3, 0.4) is 0 Å². The van der Waals surface area contributed by atoms with Gasteiger partial charge in [-0.3, -0.25) is 4.79 Å². The summed E-state index contributed by atoms with van der Waals surface area (Å²) in [4.78, 5) is 12.2. The Hall–Kier alpha value is -0.380. The third kappa shape index (κ3) is 4.87. The summed E-state index contributed by atoms with van der Waals surface area (Å²) in [5, 5.41) is 0. The Morgan fingerprint density at radius 3 is 2.36 bits per heavy atom. The summed E-state index contributed by atoms with van der Waals surface area (Å²) >= 11 is 16.7. The maximum absolute atomic E-state index is 12.7. The molecule has 1 fully saturated rings. The quantitative estimate of drug-likeness (QED) is 0.710. The molecule has 1 heterocycles. The number of nitrogens with one attached hydrogen (secondary N) is 1. The molecular formula is C14H16Cl3NO5S2. The average Bonchev–Trinajstić information content (AvgIpc) is 2.73. The van der Waals surface area contributed by atoms with Crippen molar-refractivity contribution in [2.75, 3.05) is 11.5 Å². The van der Waals surface area contributed by atoms with Gasteiger partial charge in [0.1, 0.15) is 0 Å². The maximum Gasteiger partial charge on any atom is 0.249 e. The molecule has 1 saturated heterocycles. The first-order valence-electron chi connectivity index (χ1n) is 7.14. The summed E-state index contributed by atoms with van der Waals surface area (Å²) in [5.74, 6) is -3.32. The molecule has 25 heavy (non-hydrogen) atoms. The van der Waals surface area contributed by atoms with E-state index in [-0.39, 0.29) is 4.90 Å². The van der Waals surface area contributed by atoms with Gasteiger partial charge in [-0.2, -0.15) is 0 Å². The number of benzene rings is 1. The second kappa shape index (κ2) is 6.98. The molecule has 0 amide bonds. The van der Waals surface area contributed by atoms with E-state index in [0.29, 0.717) is 5.56 Å². The van der Waals surface area contributed by atoms with Crippen molar-refractivity contribution in [3.63, 3.8) is 0 Å². The molecule has 0 aromatic heterocycles. The smallest absolute Gasteiger partial charge is 0.249 e. The van der Waals surface area contributed by atoms with Crippen LogP contribution in [-0.4, -0.2) is 44.0 Å². The number of Topliss-reactive ketones (excluding diaryl/α,β-unsaturated/α-hetero) is 1. The number of hydrogen-bond donors (Lipinski definition) is 1. The Bertz CT molecular complexity index is 907. The zero-order valence-electron chi connectivity index (χ0n) is 13.3. The third-order valence-corrected chi connectivity index (χ3v) is 7.83. The fraction of sp³-hybridized carbons (Fsp3) is 0.500. The Labute approximate surface area is 161 Å². The zero-order chi connectivity index (χ0) is 19.2. The van der Waals surface area contributed by atoms with Crippen molar-refractivity contribution >= 4 is 60.4 Å². The van der Waals surface area contributed by atoms with Crippen LogP contribution in [0.1, 0.15) is 11.1 Å². The molecule has 0 unspecified atom stereocenters. The van der Waals surface area contributed by atoms with Crippen LogP contribution < -0.4 is 4.72 Å². The highest BCUT2D eigenvalue weighted by Gasteiger charge is 2.49. The number of carbonyl (C=O) groups excluding carboxylic acids is 1. The van der Waals surface area contributed by atoms with Crippen molar-refractivity contribution < 1.29 is 21.6 Å². The number of rotatable bonds is 4. The summed E-state index contributed by atoms with van der Waals surface area (Å²) in [5.41, 5.74) is 1.21. The molecule has 11 heteroatoms. The average molecular weight is 449 g/mol. The first-order valence-corrected chi connectivity index (χ1v) is 11.6. The van der Waals surface area contributed by atoms with Crippen molar-refractivity contribution in [2.45, 2.75) is 28.6 Å². The van der Waals surface area contributed by atoms with Crippen LogP contribution in [-0.2, 0) is 24.7 Å². The van der Waals surface area contributed by atoms with Crippen LogP contribution in [0.15, 0.2) is 23.1 Å². The molecule has 2 rings (SSSR count). The van der Waals surface area contributed by atoms with Gasteiger partial charge in [-0.25, -0.2) is 21.6 Å². The first-order chi connectivity index (χ1) is 11.2. The summed E-state index contributed by atoms with van der Waals surface area (Å²) < 4.78 is 49.1. The fourth-order valence-electron chi connectivity index (χ4n) is 2.69. The van der Waals surface area contributed by atoms with E-state index in [4.69, 9.17) is 34.8 Å². The summed E-state index contributed by atoms with van der Waals surface area (Å²) in [6.07, 6.45) is 0. The maximum atomic E-state index is 12.7. The van der Waals surface area contributed by atoms with Gasteiger partial charge >= 0.3 is 0 Å². The minimum atomic E-state index is -4.05. The number of hydrogen-bond acceptors (Lipinski definition) is 5.